The van der Waals surface area contributed by atoms with Gasteiger partial charge in [0.1, 0.15) is 0 Å². The summed E-state index contributed by atoms with van der Waals surface area (Å²) in [6.07, 6.45) is -0.637. The number of hydrogen-bond donors (Lipinski definition) is 3. The van der Waals surface area contributed by atoms with Gasteiger partial charge in [-0.3, -0.25) is 14.2 Å². The molecule has 8 heteroatoms. The molecule has 1 unspecified atom stereocenters. The van der Waals surface area contributed by atoms with Crippen molar-refractivity contribution in [1.82, 2.24) is 4.90 Å². The third-order valence-electron chi connectivity index (χ3n) is 5.46. The van der Waals surface area contributed by atoms with Gasteiger partial charge >= 0.3 is 13.6 Å². The van der Waals surface area contributed by atoms with E-state index in [9.17, 15) is 29.0 Å². The summed E-state index contributed by atoms with van der Waals surface area (Å²) < 4.78 is 11.3. The molecule has 3 rings (SSSR count). The maximum Gasteiger partial charge on any atom is 0.329 e. The molecule has 0 saturated carbocycles. The van der Waals surface area contributed by atoms with E-state index in [4.69, 9.17) is 0 Å². The number of rotatable bonds is 9. The number of carbonyl (C=O) groups is 2. The van der Waals surface area contributed by atoms with Gasteiger partial charge in [0.2, 0.25) is 0 Å². The van der Waals surface area contributed by atoms with Gasteiger partial charge in [-0.1, -0.05) is 71.8 Å². The number of aliphatic carboxylic acids is 1. The Kier molecular flexibility index (Phi) is 8.05. The first-order valence-electron chi connectivity index (χ1n) is 10.8. The lowest BCUT2D eigenvalue weighted by atomic mass is 9.98. The summed E-state index contributed by atoms with van der Waals surface area (Å²) in [5.74, 6) is -1.32. The number of carbonyl (C=O) groups excluding carboxylic acids is 1. The molecule has 0 aliphatic heterocycles. The van der Waals surface area contributed by atoms with Crippen LogP contribution in [0.1, 0.15) is 50.6 Å². The fraction of sp³-hybridized carbons (Fsp3) is 0.231. The van der Waals surface area contributed by atoms with Gasteiger partial charge in [-0.25, -0.2) is 0 Å². The first kappa shape index (κ1) is 25.4. The van der Waals surface area contributed by atoms with E-state index in [1.807, 2.05) is 44.2 Å². The van der Waals surface area contributed by atoms with Crippen LogP contribution in [0.3, 0.4) is 0 Å². The highest BCUT2D eigenvalue weighted by Crippen LogP contribution is 2.39. The van der Waals surface area contributed by atoms with E-state index < -0.39 is 19.6 Å². The third-order valence-corrected chi connectivity index (χ3v) is 6.24. The number of carboxylic acids is 1. The minimum Gasteiger partial charge on any atom is -0.481 e. The standard InChI is InChI=1S/C26H28NO6P/c1-18-5-3-7-22(13-18)24(15-25(28)29)27(26(30)23-8-4-6-19(2)14-23)16-20-9-11-21(12-10-20)17-34(31,32)33/h3-14,24H,15-17H2,1-2H3,(H,28,29)(H2,31,32,33). The fourth-order valence-corrected chi connectivity index (χ4v) is 4.59. The molecule has 0 aromatic heterocycles. The second kappa shape index (κ2) is 10.8. The molecule has 3 N–H and O–H groups in total. The largest absolute Gasteiger partial charge is 0.481 e. The van der Waals surface area contributed by atoms with Crippen LogP contribution in [-0.2, 0) is 22.1 Å². The van der Waals surface area contributed by atoms with E-state index in [1.54, 1.807) is 47.4 Å². The summed E-state index contributed by atoms with van der Waals surface area (Å²) in [6, 6.07) is 20.5. The monoisotopic (exact) mass is 481 g/mol. The molecule has 0 spiro atoms. The topological polar surface area (TPSA) is 115 Å². The van der Waals surface area contributed by atoms with Crippen molar-refractivity contribution in [3.05, 3.63) is 106 Å². The molecule has 34 heavy (non-hydrogen) atoms. The lowest BCUT2D eigenvalue weighted by Gasteiger charge is -2.32. The molecule has 0 aliphatic carbocycles. The molecule has 0 bridgehead atoms. The summed E-state index contributed by atoms with van der Waals surface area (Å²) in [5.41, 5.74) is 4.26. The summed E-state index contributed by atoms with van der Waals surface area (Å²) in [4.78, 5) is 45.5. The quantitative estimate of drug-likeness (QED) is 0.377. The van der Waals surface area contributed by atoms with Gasteiger partial charge < -0.3 is 19.8 Å². The van der Waals surface area contributed by atoms with Gasteiger partial charge in [-0.05, 0) is 42.7 Å². The van der Waals surface area contributed by atoms with Crippen LogP contribution in [0.5, 0.6) is 0 Å². The SMILES string of the molecule is Cc1cccc(C(=O)N(Cc2ccc(CP(=O)(O)O)cc2)C(CC(=O)O)c2cccc(C)c2)c1. The first-order valence-corrected chi connectivity index (χ1v) is 12.6. The van der Waals surface area contributed by atoms with Gasteiger partial charge in [0, 0.05) is 12.1 Å². The van der Waals surface area contributed by atoms with Gasteiger partial charge in [-0.2, -0.15) is 0 Å². The van der Waals surface area contributed by atoms with E-state index in [0.717, 1.165) is 22.3 Å². The van der Waals surface area contributed by atoms with Crippen molar-refractivity contribution in [1.29, 1.82) is 0 Å². The zero-order chi connectivity index (χ0) is 24.9. The van der Waals surface area contributed by atoms with Crippen LogP contribution in [0.25, 0.3) is 0 Å². The van der Waals surface area contributed by atoms with Gasteiger partial charge in [0.15, 0.2) is 0 Å². The number of benzene rings is 3. The van der Waals surface area contributed by atoms with Crippen LogP contribution in [0.2, 0.25) is 0 Å². The van der Waals surface area contributed by atoms with E-state index in [-0.39, 0.29) is 25.0 Å². The normalized spacial score (nSPS) is 12.2. The second-order valence-corrected chi connectivity index (χ2v) is 10.1. The minimum atomic E-state index is -4.20. The molecule has 1 atom stereocenters. The fourth-order valence-electron chi connectivity index (χ4n) is 3.90. The van der Waals surface area contributed by atoms with Crippen LogP contribution >= 0.6 is 7.60 Å². The Morgan fingerprint density at radius 1 is 0.882 bits per heavy atom. The van der Waals surface area contributed by atoms with Crippen LogP contribution in [-0.4, -0.2) is 31.7 Å². The molecule has 3 aromatic carbocycles. The Hall–Kier alpha value is -3.25. The smallest absolute Gasteiger partial charge is 0.329 e. The van der Waals surface area contributed by atoms with Gasteiger partial charge in [0.05, 0.1) is 18.6 Å². The molecule has 3 aromatic rings. The molecule has 0 radical (unpaired) electrons. The number of amides is 1. The zero-order valence-electron chi connectivity index (χ0n) is 19.1. The Bertz CT molecular complexity index is 1220. The summed E-state index contributed by atoms with van der Waals surface area (Å²) >= 11 is 0. The maximum atomic E-state index is 13.7. The van der Waals surface area contributed by atoms with Crippen LogP contribution in [0.15, 0.2) is 72.8 Å². The Labute approximate surface area is 198 Å². The lowest BCUT2D eigenvalue weighted by molar-refractivity contribution is -0.138. The van der Waals surface area contributed by atoms with Crippen molar-refractivity contribution in [2.75, 3.05) is 0 Å². The number of hydrogen-bond acceptors (Lipinski definition) is 3. The molecule has 0 heterocycles. The molecular weight excluding hydrogens is 453 g/mol. The highest BCUT2D eigenvalue weighted by Gasteiger charge is 2.29. The highest BCUT2D eigenvalue weighted by molar-refractivity contribution is 7.50. The maximum absolute atomic E-state index is 13.7. The van der Waals surface area contributed by atoms with Crippen LogP contribution in [0.4, 0.5) is 0 Å². The van der Waals surface area contributed by atoms with Crippen molar-refractivity contribution in [3.8, 4) is 0 Å². The van der Waals surface area contributed by atoms with E-state index in [1.165, 1.54) is 0 Å². The minimum absolute atomic E-state index is 0.134. The average Bonchev–Trinajstić information content (AvgIpc) is 2.75. The van der Waals surface area contributed by atoms with Crippen molar-refractivity contribution in [2.45, 2.75) is 39.0 Å². The molecule has 1 amide bonds. The molecular formula is C26H28NO6P. The molecule has 0 saturated heterocycles. The average molecular weight is 481 g/mol. The number of nitrogens with zero attached hydrogens (tertiary/aromatic N) is 1. The molecule has 7 nitrogen and oxygen atoms in total. The predicted octanol–water partition coefficient (Wildman–Crippen LogP) is 4.84. The Morgan fingerprint density at radius 3 is 2.03 bits per heavy atom. The summed E-state index contributed by atoms with van der Waals surface area (Å²) in [7, 11) is -4.20. The first-order chi connectivity index (χ1) is 16.0. The Morgan fingerprint density at radius 2 is 1.47 bits per heavy atom. The zero-order valence-corrected chi connectivity index (χ0v) is 20.0. The predicted molar refractivity (Wildman–Crippen MR) is 129 cm³/mol. The van der Waals surface area contributed by atoms with Crippen LogP contribution in [0, 0.1) is 13.8 Å². The second-order valence-electron chi connectivity index (χ2n) is 8.47. The van der Waals surface area contributed by atoms with Crippen molar-refractivity contribution < 1.29 is 29.0 Å². The van der Waals surface area contributed by atoms with Gasteiger partial charge in [0.25, 0.3) is 5.91 Å². The van der Waals surface area contributed by atoms with Crippen LogP contribution < -0.4 is 0 Å². The van der Waals surface area contributed by atoms with E-state index in [0.29, 0.717) is 11.1 Å². The van der Waals surface area contributed by atoms with E-state index in [2.05, 4.69) is 0 Å². The summed E-state index contributed by atoms with van der Waals surface area (Å²) in [6.45, 7) is 3.93. The molecule has 0 fully saturated rings. The lowest BCUT2D eigenvalue weighted by Crippen LogP contribution is -2.36. The van der Waals surface area contributed by atoms with Crippen molar-refractivity contribution in [2.24, 2.45) is 0 Å². The number of carboxylic acid groups (broad SMARTS) is 1. The highest BCUT2D eigenvalue weighted by atomic mass is 31.2. The summed E-state index contributed by atoms with van der Waals surface area (Å²) in [5, 5.41) is 9.66. The number of aryl methyl sites for hydroxylation is 2. The van der Waals surface area contributed by atoms with Gasteiger partial charge in [-0.15, -0.1) is 0 Å². The Balaban J connectivity index is 2.02. The molecule has 178 valence electrons. The van der Waals surface area contributed by atoms with E-state index >= 15 is 0 Å². The third kappa shape index (κ3) is 7.12. The van der Waals surface area contributed by atoms with Crippen molar-refractivity contribution in [3.63, 3.8) is 0 Å². The molecule has 0 aliphatic rings. The van der Waals surface area contributed by atoms with Crippen molar-refractivity contribution >= 4 is 19.5 Å².